The standard InChI is InChI=1S/C15H16BrClO3S/c1-8-10(16)6-14(21-8)15(17)9-5-12(19-3)13(20-4)7-11(9)18-2/h5-7,15H,1-4H3. The molecular weight excluding hydrogens is 376 g/mol. The van der Waals surface area contributed by atoms with Crippen LogP contribution in [-0.4, -0.2) is 21.3 Å². The van der Waals surface area contributed by atoms with Gasteiger partial charge in [0.15, 0.2) is 11.5 Å². The zero-order chi connectivity index (χ0) is 15.6. The first kappa shape index (κ1) is 16.5. The third kappa shape index (κ3) is 3.30. The van der Waals surface area contributed by atoms with Gasteiger partial charge in [-0.3, -0.25) is 0 Å². The van der Waals surface area contributed by atoms with Crippen LogP contribution in [0.4, 0.5) is 0 Å². The van der Waals surface area contributed by atoms with E-state index in [1.807, 2.05) is 19.1 Å². The highest BCUT2D eigenvalue weighted by molar-refractivity contribution is 9.10. The van der Waals surface area contributed by atoms with Crippen LogP contribution in [0.1, 0.15) is 20.7 Å². The number of methoxy groups -OCH3 is 3. The summed E-state index contributed by atoms with van der Waals surface area (Å²) < 4.78 is 17.1. The summed E-state index contributed by atoms with van der Waals surface area (Å²) in [7, 11) is 4.81. The summed E-state index contributed by atoms with van der Waals surface area (Å²) in [5.74, 6) is 1.92. The third-order valence-corrected chi connectivity index (χ3v) is 5.94. The summed E-state index contributed by atoms with van der Waals surface area (Å²) in [5.41, 5.74) is 0.852. The van der Waals surface area contributed by atoms with Crippen molar-refractivity contribution in [1.82, 2.24) is 0 Å². The molecule has 6 heteroatoms. The van der Waals surface area contributed by atoms with Crippen molar-refractivity contribution in [3.05, 3.63) is 38.0 Å². The van der Waals surface area contributed by atoms with Crippen molar-refractivity contribution in [3.8, 4) is 17.2 Å². The van der Waals surface area contributed by atoms with Gasteiger partial charge in [-0.2, -0.15) is 0 Å². The molecule has 0 fully saturated rings. The van der Waals surface area contributed by atoms with Gasteiger partial charge in [-0.1, -0.05) is 0 Å². The van der Waals surface area contributed by atoms with Gasteiger partial charge in [-0.15, -0.1) is 22.9 Å². The number of hydrogen-bond acceptors (Lipinski definition) is 4. The Morgan fingerprint density at radius 1 is 1.00 bits per heavy atom. The molecule has 1 aromatic carbocycles. The molecule has 1 aromatic heterocycles. The molecule has 0 aliphatic rings. The molecule has 1 atom stereocenters. The fourth-order valence-corrected chi connectivity index (χ4v) is 3.94. The Hall–Kier alpha value is -0.910. The molecular formula is C15H16BrClO3S. The van der Waals surface area contributed by atoms with E-state index in [0.29, 0.717) is 17.2 Å². The number of rotatable bonds is 5. The molecule has 1 unspecified atom stereocenters. The normalized spacial score (nSPS) is 12.1. The number of alkyl halides is 1. The smallest absolute Gasteiger partial charge is 0.164 e. The van der Waals surface area contributed by atoms with Crippen molar-refractivity contribution in [1.29, 1.82) is 0 Å². The van der Waals surface area contributed by atoms with E-state index in [1.54, 1.807) is 38.7 Å². The Morgan fingerprint density at radius 3 is 2.05 bits per heavy atom. The first-order valence-corrected chi connectivity index (χ1v) is 8.26. The Balaban J connectivity index is 2.50. The summed E-state index contributed by atoms with van der Waals surface area (Å²) in [6, 6.07) is 5.69. The second-order valence-corrected chi connectivity index (χ2v) is 6.94. The van der Waals surface area contributed by atoms with E-state index in [4.69, 9.17) is 25.8 Å². The topological polar surface area (TPSA) is 27.7 Å². The number of ether oxygens (including phenoxy) is 3. The molecule has 114 valence electrons. The SMILES string of the molecule is COc1cc(OC)c(C(Cl)c2cc(Br)c(C)s2)cc1OC. The van der Waals surface area contributed by atoms with E-state index in [9.17, 15) is 0 Å². The minimum absolute atomic E-state index is 0.310. The zero-order valence-corrected chi connectivity index (χ0v) is 15.4. The van der Waals surface area contributed by atoms with Crippen LogP contribution >= 0.6 is 38.9 Å². The highest BCUT2D eigenvalue weighted by Crippen LogP contribution is 2.44. The van der Waals surface area contributed by atoms with E-state index in [-0.39, 0.29) is 5.38 Å². The van der Waals surface area contributed by atoms with E-state index >= 15 is 0 Å². The first-order valence-electron chi connectivity index (χ1n) is 6.21. The maximum atomic E-state index is 6.64. The molecule has 0 saturated heterocycles. The lowest BCUT2D eigenvalue weighted by molar-refractivity contribution is 0.347. The maximum absolute atomic E-state index is 6.64. The molecule has 0 N–H and O–H groups in total. The predicted octanol–water partition coefficient (Wildman–Crippen LogP) is 5.17. The minimum atomic E-state index is -0.310. The second-order valence-electron chi connectivity index (χ2n) is 4.36. The minimum Gasteiger partial charge on any atom is -0.496 e. The Morgan fingerprint density at radius 2 is 1.57 bits per heavy atom. The molecule has 0 amide bonds. The van der Waals surface area contributed by atoms with E-state index < -0.39 is 0 Å². The van der Waals surface area contributed by atoms with Crippen molar-refractivity contribution in [2.45, 2.75) is 12.3 Å². The molecule has 3 nitrogen and oxygen atoms in total. The van der Waals surface area contributed by atoms with Crippen LogP contribution in [0.25, 0.3) is 0 Å². The Labute approximate surface area is 141 Å². The lowest BCUT2D eigenvalue weighted by atomic mass is 10.1. The van der Waals surface area contributed by atoms with Crippen molar-refractivity contribution in [2.75, 3.05) is 21.3 Å². The lowest BCUT2D eigenvalue weighted by Crippen LogP contribution is -1.99. The number of benzene rings is 1. The summed E-state index contributed by atoms with van der Waals surface area (Å²) in [6.07, 6.45) is 0. The lowest BCUT2D eigenvalue weighted by Gasteiger charge is -2.16. The van der Waals surface area contributed by atoms with Crippen molar-refractivity contribution < 1.29 is 14.2 Å². The van der Waals surface area contributed by atoms with Crippen LogP contribution in [-0.2, 0) is 0 Å². The summed E-state index contributed by atoms with van der Waals surface area (Å²) in [6.45, 7) is 2.05. The third-order valence-electron chi connectivity index (χ3n) is 3.13. The van der Waals surface area contributed by atoms with E-state index in [2.05, 4.69) is 15.9 Å². The van der Waals surface area contributed by atoms with Gasteiger partial charge in [0.1, 0.15) is 5.75 Å². The first-order chi connectivity index (χ1) is 10.0. The van der Waals surface area contributed by atoms with Crippen LogP contribution < -0.4 is 14.2 Å². The maximum Gasteiger partial charge on any atom is 0.164 e. The molecule has 0 bridgehead atoms. The zero-order valence-electron chi connectivity index (χ0n) is 12.2. The number of thiophene rings is 1. The molecule has 2 aromatic rings. The van der Waals surface area contributed by atoms with Crippen molar-refractivity contribution >= 4 is 38.9 Å². The second kappa shape index (κ2) is 6.90. The van der Waals surface area contributed by atoms with Gasteiger partial charge < -0.3 is 14.2 Å². The largest absolute Gasteiger partial charge is 0.496 e. The van der Waals surface area contributed by atoms with E-state index in [1.165, 1.54) is 4.88 Å². The van der Waals surface area contributed by atoms with E-state index in [0.717, 1.165) is 14.9 Å². The average molecular weight is 392 g/mol. The van der Waals surface area contributed by atoms with Gasteiger partial charge in [-0.25, -0.2) is 0 Å². The van der Waals surface area contributed by atoms with Gasteiger partial charge in [0.2, 0.25) is 0 Å². The van der Waals surface area contributed by atoms with Crippen LogP contribution in [0, 0.1) is 6.92 Å². The molecule has 0 saturated carbocycles. The molecule has 2 rings (SSSR count). The highest BCUT2D eigenvalue weighted by atomic mass is 79.9. The fraction of sp³-hybridized carbons (Fsp3) is 0.333. The van der Waals surface area contributed by atoms with Gasteiger partial charge in [0.05, 0.1) is 26.7 Å². The summed E-state index contributed by atoms with van der Waals surface area (Å²) >= 11 is 11.8. The summed E-state index contributed by atoms with van der Waals surface area (Å²) in [5, 5.41) is -0.310. The molecule has 0 aliphatic heterocycles. The van der Waals surface area contributed by atoms with Crippen molar-refractivity contribution in [2.24, 2.45) is 0 Å². The van der Waals surface area contributed by atoms with Gasteiger partial charge >= 0.3 is 0 Å². The number of halogens is 2. The molecule has 1 heterocycles. The molecule has 0 radical (unpaired) electrons. The molecule has 21 heavy (non-hydrogen) atoms. The average Bonchev–Trinajstić information content (AvgIpc) is 2.84. The van der Waals surface area contributed by atoms with Gasteiger partial charge in [0.25, 0.3) is 0 Å². The number of hydrogen-bond donors (Lipinski definition) is 0. The Kier molecular flexibility index (Phi) is 5.41. The fourth-order valence-electron chi connectivity index (χ4n) is 2.01. The van der Waals surface area contributed by atoms with Gasteiger partial charge in [0, 0.05) is 25.9 Å². The predicted molar refractivity (Wildman–Crippen MR) is 90.6 cm³/mol. The Bertz CT molecular complexity index is 623. The highest BCUT2D eigenvalue weighted by Gasteiger charge is 2.21. The van der Waals surface area contributed by atoms with Crippen LogP contribution in [0.15, 0.2) is 22.7 Å². The number of aryl methyl sites for hydroxylation is 1. The van der Waals surface area contributed by atoms with Crippen LogP contribution in [0.2, 0.25) is 0 Å². The van der Waals surface area contributed by atoms with Crippen molar-refractivity contribution in [3.63, 3.8) is 0 Å². The molecule has 0 aliphatic carbocycles. The molecule has 0 spiro atoms. The quantitative estimate of drug-likeness (QED) is 0.658. The van der Waals surface area contributed by atoms with Crippen LogP contribution in [0.5, 0.6) is 17.2 Å². The van der Waals surface area contributed by atoms with Crippen LogP contribution in [0.3, 0.4) is 0 Å². The summed E-state index contributed by atoms with van der Waals surface area (Å²) in [4.78, 5) is 2.24. The monoisotopic (exact) mass is 390 g/mol. The van der Waals surface area contributed by atoms with Gasteiger partial charge in [-0.05, 0) is 35.0 Å².